The molecular weight excluding hydrogens is 344 g/mol. The number of halogens is 2. The standard InChI is InChI=1S/C14H17FINO/c1-7-3-4-9(18)6-10(7)12-13(15)11(17)5-8(2)14(12)16/h5,7,10H,3-4,6,17H2,1-2H3. The van der Waals surface area contributed by atoms with Gasteiger partial charge >= 0.3 is 0 Å². The summed E-state index contributed by atoms with van der Waals surface area (Å²) in [6.07, 6.45) is 1.90. The van der Waals surface area contributed by atoms with Gasteiger partial charge in [0.15, 0.2) is 5.82 Å². The lowest BCUT2D eigenvalue weighted by molar-refractivity contribution is -0.121. The summed E-state index contributed by atoms with van der Waals surface area (Å²) in [6, 6.07) is 1.66. The molecule has 2 rings (SSSR count). The van der Waals surface area contributed by atoms with Crippen molar-refractivity contribution in [2.45, 2.75) is 39.0 Å². The van der Waals surface area contributed by atoms with Gasteiger partial charge in [0.2, 0.25) is 0 Å². The van der Waals surface area contributed by atoms with Crippen molar-refractivity contribution in [2.75, 3.05) is 5.73 Å². The van der Waals surface area contributed by atoms with Crippen molar-refractivity contribution in [3.8, 4) is 0 Å². The van der Waals surface area contributed by atoms with Crippen molar-refractivity contribution in [2.24, 2.45) is 5.92 Å². The van der Waals surface area contributed by atoms with Gasteiger partial charge in [-0.25, -0.2) is 4.39 Å². The minimum absolute atomic E-state index is 0.0275. The van der Waals surface area contributed by atoms with Crippen LogP contribution in [0.2, 0.25) is 0 Å². The van der Waals surface area contributed by atoms with Crippen LogP contribution in [0.1, 0.15) is 43.2 Å². The Bertz CT molecular complexity index is 475. The van der Waals surface area contributed by atoms with Crippen LogP contribution in [-0.4, -0.2) is 5.78 Å². The van der Waals surface area contributed by atoms with E-state index < -0.39 is 0 Å². The monoisotopic (exact) mass is 361 g/mol. The number of rotatable bonds is 1. The van der Waals surface area contributed by atoms with E-state index in [-0.39, 0.29) is 23.2 Å². The summed E-state index contributed by atoms with van der Waals surface area (Å²) in [5, 5.41) is 0. The van der Waals surface area contributed by atoms with Crippen LogP contribution in [0.15, 0.2) is 6.07 Å². The van der Waals surface area contributed by atoms with E-state index >= 15 is 0 Å². The third-order valence-electron chi connectivity index (χ3n) is 3.83. The first-order chi connectivity index (χ1) is 8.41. The fourth-order valence-corrected chi connectivity index (χ4v) is 3.47. The highest BCUT2D eigenvalue weighted by Crippen LogP contribution is 2.41. The Morgan fingerprint density at radius 3 is 2.83 bits per heavy atom. The minimum Gasteiger partial charge on any atom is -0.396 e. The number of carbonyl (C=O) groups is 1. The Morgan fingerprint density at radius 2 is 2.17 bits per heavy atom. The van der Waals surface area contributed by atoms with E-state index in [0.29, 0.717) is 24.3 Å². The summed E-state index contributed by atoms with van der Waals surface area (Å²) in [7, 11) is 0. The van der Waals surface area contributed by atoms with Crippen LogP contribution in [-0.2, 0) is 4.79 Å². The van der Waals surface area contributed by atoms with Crippen molar-refractivity contribution < 1.29 is 9.18 Å². The molecule has 0 radical (unpaired) electrons. The molecule has 0 bridgehead atoms. The van der Waals surface area contributed by atoms with Gasteiger partial charge in [0.1, 0.15) is 5.78 Å². The fraction of sp³-hybridized carbons (Fsp3) is 0.500. The van der Waals surface area contributed by atoms with Crippen molar-refractivity contribution in [3.05, 3.63) is 26.6 Å². The van der Waals surface area contributed by atoms with Gasteiger partial charge in [0, 0.05) is 22.0 Å². The van der Waals surface area contributed by atoms with Gasteiger partial charge in [-0.2, -0.15) is 0 Å². The first kappa shape index (κ1) is 13.8. The quantitative estimate of drug-likeness (QED) is 0.611. The molecule has 0 heterocycles. The van der Waals surface area contributed by atoms with Crippen LogP contribution in [0.25, 0.3) is 0 Å². The molecule has 0 amide bonds. The normalized spacial score (nSPS) is 24.3. The highest BCUT2D eigenvalue weighted by molar-refractivity contribution is 14.1. The van der Waals surface area contributed by atoms with Gasteiger partial charge in [-0.1, -0.05) is 6.92 Å². The Balaban J connectivity index is 2.52. The molecule has 2 nitrogen and oxygen atoms in total. The van der Waals surface area contributed by atoms with Gasteiger partial charge < -0.3 is 5.73 Å². The number of ketones is 1. The highest BCUT2D eigenvalue weighted by atomic mass is 127. The molecule has 0 spiro atoms. The maximum atomic E-state index is 14.3. The van der Waals surface area contributed by atoms with E-state index in [2.05, 4.69) is 29.5 Å². The van der Waals surface area contributed by atoms with E-state index in [9.17, 15) is 9.18 Å². The second kappa shape index (κ2) is 5.15. The number of aryl methyl sites for hydroxylation is 1. The zero-order chi connectivity index (χ0) is 13.4. The number of benzene rings is 1. The van der Waals surface area contributed by atoms with Crippen LogP contribution in [0.5, 0.6) is 0 Å². The molecular formula is C14H17FINO. The van der Waals surface area contributed by atoms with Crippen molar-refractivity contribution in [3.63, 3.8) is 0 Å². The molecule has 98 valence electrons. The molecule has 1 aromatic carbocycles. The predicted molar refractivity (Wildman–Crippen MR) is 79.0 cm³/mol. The summed E-state index contributed by atoms with van der Waals surface area (Å²) in [5.41, 5.74) is 7.53. The Hall–Kier alpha value is -0.650. The summed E-state index contributed by atoms with van der Waals surface area (Å²) in [6.45, 7) is 4.02. The largest absolute Gasteiger partial charge is 0.396 e. The van der Waals surface area contributed by atoms with E-state index in [1.54, 1.807) is 6.07 Å². The molecule has 2 N–H and O–H groups in total. The Morgan fingerprint density at radius 1 is 1.50 bits per heavy atom. The SMILES string of the molecule is Cc1cc(N)c(F)c(C2CC(=O)CCC2C)c1I. The zero-order valence-electron chi connectivity index (χ0n) is 10.6. The number of hydrogen-bond donors (Lipinski definition) is 1. The lowest BCUT2D eigenvalue weighted by atomic mass is 9.75. The molecule has 2 unspecified atom stereocenters. The zero-order valence-corrected chi connectivity index (χ0v) is 12.8. The van der Waals surface area contributed by atoms with Crippen LogP contribution in [0.3, 0.4) is 0 Å². The third-order valence-corrected chi connectivity index (χ3v) is 5.26. The van der Waals surface area contributed by atoms with Crippen molar-refractivity contribution in [1.82, 2.24) is 0 Å². The number of Topliss-reactive ketones (excluding diaryl/α,β-unsaturated/α-hetero) is 1. The second-order valence-electron chi connectivity index (χ2n) is 5.19. The molecule has 18 heavy (non-hydrogen) atoms. The molecule has 1 aromatic rings. The number of hydrogen-bond acceptors (Lipinski definition) is 2. The number of anilines is 1. The van der Waals surface area contributed by atoms with E-state index in [1.807, 2.05) is 6.92 Å². The summed E-state index contributed by atoms with van der Waals surface area (Å²) in [5.74, 6) is 0.192. The first-order valence-corrected chi connectivity index (χ1v) is 7.25. The van der Waals surface area contributed by atoms with Gasteiger partial charge in [0.05, 0.1) is 5.69 Å². The van der Waals surface area contributed by atoms with E-state index in [4.69, 9.17) is 5.73 Å². The first-order valence-electron chi connectivity index (χ1n) is 6.17. The summed E-state index contributed by atoms with van der Waals surface area (Å²) in [4.78, 5) is 11.6. The maximum Gasteiger partial charge on any atom is 0.150 e. The topological polar surface area (TPSA) is 43.1 Å². The van der Waals surface area contributed by atoms with Gasteiger partial charge in [0.25, 0.3) is 0 Å². The lowest BCUT2D eigenvalue weighted by Crippen LogP contribution is -2.23. The van der Waals surface area contributed by atoms with Crippen molar-refractivity contribution in [1.29, 1.82) is 0 Å². The molecule has 1 saturated carbocycles. The minimum atomic E-state index is -0.337. The van der Waals surface area contributed by atoms with Crippen LogP contribution in [0.4, 0.5) is 10.1 Å². The second-order valence-corrected chi connectivity index (χ2v) is 6.27. The smallest absolute Gasteiger partial charge is 0.150 e. The summed E-state index contributed by atoms with van der Waals surface area (Å²) >= 11 is 2.16. The molecule has 0 aliphatic heterocycles. The molecule has 1 aliphatic rings. The van der Waals surface area contributed by atoms with Crippen LogP contribution < -0.4 is 5.73 Å². The van der Waals surface area contributed by atoms with Gasteiger partial charge in [-0.05, 0) is 59.4 Å². The molecule has 0 aromatic heterocycles. The molecule has 1 aliphatic carbocycles. The summed E-state index contributed by atoms with van der Waals surface area (Å²) < 4.78 is 15.2. The van der Waals surface area contributed by atoms with E-state index in [0.717, 1.165) is 15.6 Å². The highest BCUT2D eigenvalue weighted by Gasteiger charge is 2.32. The number of nitrogens with two attached hydrogens (primary N) is 1. The molecule has 0 saturated heterocycles. The number of nitrogen functional groups attached to an aromatic ring is 1. The van der Waals surface area contributed by atoms with Crippen LogP contribution in [0, 0.1) is 22.2 Å². The molecule has 2 atom stereocenters. The number of carbonyl (C=O) groups excluding carboxylic acids is 1. The van der Waals surface area contributed by atoms with E-state index in [1.165, 1.54) is 0 Å². The Kier molecular flexibility index (Phi) is 3.94. The van der Waals surface area contributed by atoms with Crippen LogP contribution >= 0.6 is 22.6 Å². The average Bonchev–Trinajstić information content (AvgIpc) is 2.31. The predicted octanol–water partition coefficient (Wildman–Crippen LogP) is 3.79. The lowest BCUT2D eigenvalue weighted by Gasteiger charge is -2.30. The van der Waals surface area contributed by atoms with Crippen molar-refractivity contribution >= 4 is 34.1 Å². The average molecular weight is 361 g/mol. The fourth-order valence-electron chi connectivity index (χ4n) is 2.67. The van der Waals surface area contributed by atoms with Gasteiger partial charge in [-0.15, -0.1) is 0 Å². The maximum absolute atomic E-state index is 14.3. The Labute approximate surface area is 120 Å². The third kappa shape index (κ3) is 2.39. The molecule has 1 fully saturated rings. The van der Waals surface area contributed by atoms with Gasteiger partial charge in [-0.3, -0.25) is 4.79 Å². The molecule has 4 heteroatoms.